The van der Waals surface area contributed by atoms with Crippen molar-refractivity contribution in [2.24, 2.45) is 11.0 Å². The molecule has 0 aliphatic carbocycles. The summed E-state index contributed by atoms with van der Waals surface area (Å²) in [6.45, 7) is 0.494. The molecule has 0 bridgehead atoms. The number of hydrogen-bond donors (Lipinski definition) is 1. The van der Waals surface area contributed by atoms with E-state index in [0.717, 1.165) is 5.56 Å². The first-order valence-corrected chi connectivity index (χ1v) is 7.16. The number of benzene rings is 1. The highest BCUT2D eigenvalue weighted by Gasteiger charge is 2.37. The fourth-order valence-electron chi connectivity index (χ4n) is 2.56. The molecule has 0 saturated carbocycles. The summed E-state index contributed by atoms with van der Waals surface area (Å²) < 4.78 is 0. The predicted molar refractivity (Wildman–Crippen MR) is 80.4 cm³/mol. The molecule has 1 aromatic carbocycles. The number of halogens is 1. The van der Waals surface area contributed by atoms with Crippen LogP contribution in [0.15, 0.2) is 29.4 Å². The first-order chi connectivity index (χ1) is 10.5. The Hall–Kier alpha value is -2.24. The largest absolute Gasteiger partial charge is 0.480 e. The summed E-state index contributed by atoms with van der Waals surface area (Å²) in [5.74, 6) is -1.40. The van der Waals surface area contributed by atoms with Gasteiger partial charge in [-0.3, -0.25) is 4.79 Å². The Balaban J connectivity index is 2.10. The maximum atomic E-state index is 12.0. The van der Waals surface area contributed by atoms with Crippen LogP contribution in [0.5, 0.6) is 0 Å². The average Bonchev–Trinajstić information content (AvgIpc) is 2.85. The second-order valence-electron chi connectivity index (χ2n) is 5.21. The van der Waals surface area contributed by atoms with Gasteiger partial charge in [0.15, 0.2) is 0 Å². The van der Waals surface area contributed by atoms with Gasteiger partial charge >= 0.3 is 5.97 Å². The molecule has 22 heavy (non-hydrogen) atoms. The lowest BCUT2D eigenvalue weighted by atomic mass is 10.0. The Morgan fingerprint density at radius 3 is 2.77 bits per heavy atom. The van der Waals surface area contributed by atoms with E-state index in [1.54, 1.807) is 24.3 Å². The highest BCUT2D eigenvalue weighted by atomic mass is 35.5. The molecule has 1 aliphatic rings. The number of amides is 1. The number of azide groups is 1. The monoisotopic (exact) mass is 322 g/mol. The van der Waals surface area contributed by atoms with Gasteiger partial charge in [0.2, 0.25) is 5.91 Å². The van der Waals surface area contributed by atoms with E-state index in [2.05, 4.69) is 10.0 Å². The van der Waals surface area contributed by atoms with Gasteiger partial charge in [-0.05, 0) is 29.1 Å². The van der Waals surface area contributed by atoms with E-state index >= 15 is 0 Å². The van der Waals surface area contributed by atoms with E-state index in [1.165, 1.54) is 4.90 Å². The molecule has 1 aliphatic heterocycles. The summed E-state index contributed by atoms with van der Waals surface area (Å²) in [7, 11) is 0. The number of likely N-dealkylation sites (tertiary alicyclic amines) is 1. The molecule has 1 fully saturated rings. The Morgan fingerprint density at radius 1 is 1.50 bits per heavy atom. The zero-order valence-corrected chi connectivity index (χ0v) is 12.5. The molecule has 1 amide bonds. The van der Waals surface area contributed by atoms with Crippen LogP contribution in [-0.2, 0) is 16.0 Å². The number of rotatable bonds is 6. The maximum Gasteiger partial charge on any atom is 0.326 e. The van der Waals surface area contributed by atoms with Gasteiger partial charge in [0.05, 0.1) is 0 Å². The number of nitrogens with zero attached hydrogens (tertiary/aromatic N) is 4. The standard InChI is InChI=1S/C14H15ClN4O3/c15-11-3-1-9(2-4-11)5-12(14(21)22)19-8-10(6-13(19)20)7-17-18-16/h1-4,10,12H,5-8H2,(H,21,22)/t10?,12-/m0/s1. The summed E-state index contributed by atoms with van der Waals surface area (Å²) in [5, 5.41) is 13.5. The highest BCUT2D eigenvalue weighted by Crippen LogP contribution is 2.23. The third-order valence-electron chi connectivity index (χ3n) is 3.65. The number of carbonyl (C=O) groups is 2. The average molecular weight is 323 g/mol. The molecule has 0 spiro atoms. The van der Waals surface area contributed by atoms with Crippen molar-refractivity contribution in [3.63, 3.8) is 0 Å². The fraction of sp³-hybridized carbons (Fsp3) is 0.429. The number of carboxylic acids is 1. The van der Waals surface area contributed by atoms with Crippen molar-refractivity contribution in [2.45, 2.75) is 18.9 Å². The lowest BCUT2D eigenvalue weighted by Gasteiger charge is -2.24. The molecular formula is C14H15ClN4O3. The van der Waals surface area contributed by atoms with Gasteiger partial charge in [-0.2, -0.15) is 0 Å². The van der Waals surface area contributed by atoms with Gasteiger partial charge in [0.1, 0.15) is 6.04 Å². The van der Waals surface area contributed by atoms with Crippen LogP contribution in [0.3, 0.4) is 0 Å². The molecule has 1 heterocycles. The van der Waals surface area contributed by atoms with Crippen molar-refractivity contribution in [3.05, 3.63) is 45.3 Å². The van der Waals surface area contributed by atoms with Crippen LogP contribution in [0.25, 0.3) is 10.4 Å². The minimum atomic E-state index is -1.05. The van der Waals surface area contributed by atoms with Crippen molar-refractivity contribution in [1.29, 1.82) is 0 Å². The molecule has 2 rings (SSSR count). The number of carboxylic acid groups (broad SMARTS) is 1. The van der Waals surface area contributed by atoms with Gasteiger partial charge in [0, 0.05) is 35.9 Å². The maximum absolute atomic E-state index is 12.0. The van der Waals surface area contributed by atoms with Gasteiger partial charge < -0.3 is 10.0 Å². The number of hydrogen-bond acceptors (Lipinski definition) is 3. The number of carbonyl (C=O) groups excluding carboxylic acids is 1. The van der Waals surface area contributed by atoms with E-state index in [-0.39, 0.29) is 31.2 Å². The van der Waals surface area contributed by atoms with Gasteiger partial charge in [-0.15, -0.1) is 0 Å². The second-order valence-corrected chi connectivity index (χ2v) is 5.65. The minimum absolute atomic E-state index is 0.129. The van der Waals surface area contributed by atoms with E-state index in [0.29, 0.717) is 11.6 Å². The topological polar surface area (TPSA) is 106 Å². The van der Waals surface area contributed by atoms with Gasteiger partial charge in [-0.1, -0.05) is 28.8 Å². The summed E-state index contributed by atoms with van der Waals surface area (Å²) in [6, 6.07) is 5.94. The van der Waals surface area contributed by atoms with Crippen LogP contribution < -0.4 is 0 Å². The SMILES string of the molecule is [N-]=[N+]=NCC1CC(=O)N([C@@H](Cc2ccc(Cl)cc2)C(=O)O)C1. The van der Waals surface area contributed by atoms with Crippen LogP contribution in [0.4, 0.5) is 0 Å². The van der Waals surface area contributed by atoms with Gasteiger partial charge in [-0.25, -0.2) is 4.79 Å². The third-order valence-corrected chi connectivity index (χ3v) is 3.90. The van der Waals surface area contributed by atoms with Crippen molar-refractivity contribution in [3.8, 4) is 0 Å². The Kier molecular flexibility index (Phi) is 5.25. The van der Waals surface area contributed by atoms with Crippen molar-refractivity contribution in [2.75, 3.05) is 13.1 Å². The molecule has 2 atom stereocenters. The van der Waals surface area contributed by atoms with E-state index in [1.807, 2.05) is 0 Å². The molecular weight excluding hydrogens is 308 g/mol. The fourth-order valence-corrected chi connectivity index (χ4v) is 2.68. The van der Waals surface area contributed by atoms with Crippen molar-refractivity contribution >= 4 is 23.5 Å². The molecule has 1 saturated heterocycles. The van der Waals surface area contributed by atoms with Crippen LogP contribution in [0.2, 0.25) is 5.02 Å². The molecule has 116 valence electrons. The molecule has 1 aromatic rings. The normalized spacial score (nSPS) is 18.9. The first kappa shape index (κ1) is 16.1. The van der Waals surface area contributed by atoms with E-state index in [9.17, 15) is 14.7 Å². The summed E-state index contributed by atoms with van der Waals surface area (Å²) in [4.78, 5) is 27.6. The summed E-state index contributed by atoms with van der Waals surface area (Å²) in [6.07, 6.45) is 0.426. The lowest BCUT2D eigenvalue weighted by Crippen LogP contribution is -2.43. The molecule has 7 nitrogen and oxygen atoms in total. The van der Waals surface area contributed by atoms with Crippen molar-refractivity contribution in [1.82, 2.24) is 4.90 Å². The first-order valence-electron chi connectivity index (χ1n) is 6.79. The van der Waals surface area contributed by atoms with Gasteiger partial charge in [0.25, 0.3) is 0 Å². The Labute approximate surface area is 132 Å². The Bertz CT molecular complexity index is 613. The summed E-state index contributed by atoms with van der Waals surface area (Å²) in [5.41, 5.74) is 9.12. The van der Waals surface area contributed by atoms with Crippen molar-refractivity contribution < 1.29 is 14.7 Å². The van der Waals surface area contributed by atoms with Crippen LogP contribution in [0.1, 0.15) is 12.0 Å². The van der Waals surface area contributed by atoms with Crippen LogP contribution >= 0.6 is 11.6 Å². The molecule has 1 unspecified atom stereocenters. The number of aliphatic carboxylic acids is 1. The van der Waals surface area contributed by atoms with Crippen LogP contribution in [-0.4, -0.2) is 41.0 Å². The summed E-state index contributed by atoms with van der Waals surface area (Å²) >= 11 is 5.81. The zero-order valence-electron chi connectivity index (χ0n) is 11.7. The molecule has 0 radical (unpaired) electrons. The minimum Gasteiger partial charge on any atom is -0.480 e. The predicted octanol–water partition coefficient (Wildman–Crippen LogP) is 2.49. The zero-order chi connectivity index (χ0) is 16.1. The van der Waals surface area contributed by atoms with E-state index < -0.39 is 12.0 Å². The lowest BCUT2D eigenvalue weighted by molar-refractivity contribution is -0.148. The highest BCUT2D eigenvalue weighted by molar-refractivity contribution is 6.30. The molecule has 0 aromatic heterocycles. The molecule has 1 N–H and O–H groups in total. The quantitative estimate of drug-likeness (QED) is 0.494. The third kappa shape index (κ3) is 3.90. The smallest absolute Gasteiger partial charge is 0.326 e. The van der Waals surface area contributed by atoms with Crippen LogP contribution in [0, 0.1) is 5.92 Å². The Morgan fingerprint density at radius 2 is 2.18 bits per heavy atom. The van der Waals surface area contributed by atoms with E-state index in [4.69, 9.17) is 17.1 Å². The second kappa shape index (κ2) is 7.15. The molecule has 8 heteroatoms.